The van der Waals surface area contributed by atoms with Gasteiger partial charge in [0.2, 0.25) is 0 Å². The van der Waals surface area contributed by atoms with Crippen LogP contribution in [0.2, 0.25) is 0 Å². The molecule has 0 saturated heterocycles. The first-order chi connectivity index (χ1) is 10.4. The van der Waals surface area contributed by atoms with Gasteiger partial charge >= 0.3 is 5.97 Å². The van der Waals surface area contributed by atoms with E-state index in [0.717, 1.165) is 23.0 Å². The van der Waals surface area contributed by atoms with E-state index in [0.29, 0.717) is 6.42 Å². The quantitative estimate of drug-likeness (QED) is 0.864. The van der Waals surface area contributed by atoms with Crippen LogP contribution in [0, 0.1) is 0 Å². The van der Waals surface area contributed by atoms with Gasteiger partial charge in [0.25, 0.3) is 0 Å². The van der Waals surface area contributed by atoms with Crippen LogP contribution in [0.1, 0.15) is 38.3 Å². The van der Waals surface area contributed by atoms with E-state index in [9.17, 15) is 4.79 Å². The topological polar surface area (TPSA) is 51.5 Å². The van der Waals surface area contributed by atoms with Crippen molar-refractivity contribution < 1.29 is 14.6 Å². The lowest BCUT2D eigenvalue weighted by Gasteiger charge is -2.19. The zero-order chi connectivity index (χ0) is 16.3. The molecule has 0 radical (unpaired) electrons. The van der Waals surface area contributed by atoms with E-state index >= 15 is 0 Å². The van der Waals surface area contributed by atoms with Crippen LogP contribution >= 0.6 is 0 Å². The Hall–Kier alpha value is -1.81. The first kappa shape index (κ1) is 16.6. The fourth-order valence-electron chi connectivity index (χ4n) is 2.63. The molecule has 0 amide bonds. The molecule has 22 heavy (non-hydrogen) atoms. The summed E-state index contributed by atoms with van der Waals surface area (Å²) in [7, 11) is 1.41. The highest BCUT2D eigenvalue weighted by Gasteiger charge is 2.17. The number of hydrogen-bond donors (Lipinski definition) is 1. The molecule has 1 aromatic heterocycles. The molecule has 0 aliphatic heterocycles. The van der Waals surface area contributed by atoms with Crippen molar-refractivity contribution in [3.8, 4) is 0 Å². The summed E-state index contributed by atoms with van der Waals surface area (Å²) in [5.41, 5.74) is 3.38. The van der Waals surface area contributed by atoms with E-state index in [4.69, 9.17) is 9.84 Å². The zero-order valence-corrected chi connectivity index (χ0v) is 13.8. The second-order valence-corrected chi connectivity index (χ2v) is 6.66. The van der Waals surface area contributed by atoms with Crippen molar-refractivity contribution in [2.45, 2.75) is 45.6 Å². The van der Waals surface area contributed by atoms with Crippen LogP contribution in [0.3, 0.4) is 0 Å². The third-order valence-electron chi connectivity index (χ3n) is 3.95. The highest BCUT2D eigenvalue weighted by molar-refractivity contribution is 5.88. The summed E-state index contributed by atoms with van der Waals surface area (Å²) >= 11 is 0. The molecule has 0 spiro atoms. The summed E-state index contributed by atoms with van der Waals surface area (Å²) < 4.78 is 6.91. The minimum atomic E-state index is -0.234. The second kappa shape index (κ2) is 6.53. The largest absolute Gasteiger partial charge is 0.469 e. The Balaban J connectivity index is 2.52. The van der Waals surface area contributed by atoms with Gasteiger partial charge in [-0.25, -0.2) is 0 Å². The first-order valence-electron chi connectivity index (χ1n) is 7.66. The van der Waals surface area contributed by atoms with Crippen LogP contribution in [0.15, 0.2) is 24.4 Å². The number of aliphatic hydroxyl groups is 1. The molecule has 0 aliphatic carbocycles. The Morgan fingerprint density at radius 1 is 1.32 bits per heavy atom. The summed E-state index contributed by atoms with van der Waals surface area (Å²) in [6, 6.07) is 6.41. The normalized spacial score (nSPS) is 11.9. The van der Waals surface area contributed by atoms with E-state index in [1.807, 2.05) is 6.20 Å². The molecule has 0 atom stereocenters. The average Bonchev–Trinajstić information content (AvgIpc) is 2.81. The van der Waals surface area contributed by atoms with Gasteiger partial charge in [-0.3, -0.25) is 4.79 Å². The lowest BCUT2D eigenvalue weighted by atomic mass is 9.86. The number of aromatic nitrogens is 1. The van der Waals surface area contributed by atoms with Crippen LogP contribution in [0.4, 0.5) is 0 Å². The first-order valence-corrected chi connectivity index (χ1v) is 7.66. The van der Waals surface area contributed by atoms with Gasteiger partial charge < -0.3 is 14.4 Å². The van der Waals surface area contributed by atoms with Crippen molar-refractivity contribution in [2.24, 2.45) is 0 Å². The molecule has 4 heteroatoms. The number of esters is 1. The Labute approximate surface area is 131 Å². The molecular weight excluding hydrogens is 278 g/mol. The fraction of sp³-hybridized carbons (Fsp3) is 0.500. The minimum Gasteiger partial charge on any atom is -0.469 e. The van der Waals surface area contributed by atoms with Gasteiger partial charge in [-0.15, -0.1) is 0 Å². The van der Waals surface area contributed by atoms with Crippen LogP contribution < -0.4 is 0 Å². The Bertz CT molecular complexity index is 665. The number of ether oxygens (including phenoxy) is 1. The molecule has 2 aromatic rings. The van der Waals surface area contributed by atoms with E-state index in [-0.39, 0.29) is 24.4 Å². The van der Waals surface area contributed by atoms with Crippen LogP contribution in [-0.2, 0) is 27.9 Å². The number of fused-ring (bicyclic) bond motifs is 1. The number of nitrogens with zero attached hydrogens (tertiary/aromatic N) is 1. The number of aryl methyl sites for hydroxylation is 1. The van der Waals surface area contributed by atoms with Crippen molar-refractivity contribution in [1.82, 2.24) is 4.57 Å². The number of rotatable bonds is 5. The van der Waals surface area contributed by atoms with Gasteiger partial charge in [0, 0.05) is 30.3 Å². The molecule has 0 bridgehead atoms. The number of methoxy groups -OCH3 is 1. The molecular formula is C18H25NO3. The SMILES string of the molecule is COC(=O)Cc1cn(CCCO)c2ccc(C(C)(C)C)cc12. The number of carbonyl (C=O) groups excluding carboxylic acids is 1. The summed E-state index contributed by atoms with van der Waals surface area (Å²) in [5.74, 6) is -0.234. The molecule has 1 heterocycles. The molecule has 4 nitrogen and oxygen atoms in total. The van der Waals surface area contributed by atoms with Crippen LogP contribution in [0.25, 0.3) is 10.9 Å². The van der Waals surface area contributed by atoms with E-state index in [1.54, 1.807) is 0 Å². The van der Waals surface area contributed by atoms with Gasteiger partial charge in [0.15, 0.2) is 0 Å². The molecule has 0 saturated carbocycles. The molecule has 0 unspecified atom stereocenters. The van der Waals surface area contributed by atoms with E-state index in [2.05, 4.69) is 43.5 Å². The predicted octanol–water partition coefficient (Wildman–Crippen LogP) is 3.04. The third kappa shape index (κ3) is 3.50. The number of benzene rings is 1. The highest BCUT2D eigenvalue weighted by Crippen LogP contribution is 2.29. The van der Waals surface area contributed by atoms with Crippen molar-refractivity contribution in [3.63, 3.8) is 0 Å². The Morgan fingerprint density at radius 3 is 2.64 bits per heavy atom. The van der Waals surface area contributed by atoms with Gasteiger partial charge in [0.1, 0.15) is 0 Å². The monoisotopic (exact) mass is 303 g/mol. The fourth-order valence-corrected chi connectivity index (χ4v) is 2.63. The lowest BCUT2D eigenvalue weighted by Crippen LogP contribution is -2.11. The van der Waals surface area contributed by atoms with Crippen LogP contribution in [-0.4, -0.2) is 29.4 Å². The van der Waals surface area contributed by atoms with Crippen molar-refractivity contribution in [3.05, 3.63) is 35.5 Å². The average molecular weight is 303 g/mol. The third-order valence-corrected chi connectivity index (χ3v) is 3.95. The molecule has 2 rings (SSSR count). The zero-order valence-electron chi connectivity index (χ0n) is 13.8. The van der Waals surface area contributed by atoms with E-state index in [1.165, 1.54) is 12.7 Å². The summed E-state index contributed by atoms with van der Waals surface area (Å²) in [4.78, 5) is 11.7. The van der Waals surface area contributed by atoms with Gasteiger partial charge in [-0.2, -0.15) is 0 Å². The summed E-state index contributed by atoms with van der Waals surface area (Å²) in [5, 5.41) is 10.1. The molecule has 120 valence electrons. The van der Waals surface area contributed by atoms with Gasteiger partial charge in [-0.1, -0.05) is 26.8 Å². The Morgan fingerprint density at radius 2 is 2.05 bits per heavy atom. The maximum atomic E-state index is 11.7. The molecule has 0 fully saturated rings. The van der Waals surface area contributed by atoms with Gasteiger partial charge in [-0.05, 0) is 35.1 Å². The van der Waals surface area contributed by atoms with Crippen molar-refractivity contribution >= 4 is 16.9 Å². The number of hydrogen-bond acceptors (Lipinski definition) is 3. The maximum absolute atomic E-state index is 11.7. The summed E-state index contributed by atoms with van der Waals surface area (Å²) in [6.07, 6.45) is 2.97. The number of carbonyl (C=O) groups is 1. The summed E-state index contributed by atoms with van der Waals surface area (Å²) in [6.45, 7) is 7.43. The lowest BCUT2D eigenvalue weighted by molar-refractivity contribution is -0.139. The van der Waals surface area contributed by atoms with Crippen LogP contribution in [0.5, 0.6) is 0 Å². The molecule has 0 aliphatic rings. The molecule has 1 aromatic carbocycles. The predicted molar refractivity (Wildman–Crippen MR) is 88.1 cm³/mol. The maximum Gasteiger partial charge on any atom is 0.310 e. The standard InChI is InChI=1S/C18H25NO3/c1-18(2,3)14-6-7-16-15(11-14)13(10-17(21)22-4)12-19(16)8-5-9-20/h6-7,11-12,20H,5,8-10H2,1-4H3. The van der Waals surface area contributed by atoms with E-state index < -0.39 is 0 Å². The minimum absolute atomic E-state index is 0.0594. The molecule has 1 N–H and O–H groups in total. The second-order valence-electron chi connectivity index (χ2n) is 6.66. The Kier molecular flexibility index (Phi) is 4.91. The van der Waals surface area contributed by atoms with Crippen molar-refractivity contribution in [2.75, 3.05) is 13.7 Å². The highest BCUT2D eigenvalue weighted by atomic mass is 16.5. The number of aliphatic hydroxyl groups excluding tert-OH is 1. The van der Waals surface area contributed by atoms with Crippen molar-refractivity contribution in [1.29, 1.82) is 0 Å². The smallest absolute Gasteiger partial charge is 0.310 e. The van der Waals surface area contributed by atoms with Gasteiger partial charge in [0.05, 0.1) is 13.5 Å².